The molecule has 0 radical (unpaired) electrons. The first-order chi connectivity index (χ1) is 8.77. The minimum atomic E-state index is -4.62. The van der Waals surface area contributed by atoms with Crippen LogP contribution in [0.25, 0.3) is 0 Å². The predicted molar refractivity (Wildman–Crippen MR) is 57.0 cm³/mol. The predicted octanol–water partition coefficient (Wildman–Crippen LogP) is 2.61. The molecule has 0 fully saturated rings. The smallest absolute Gasteiger partial charge is 0.373 e. The highest BCUT2D eigenvalue weighted by molar-refractivity contribution is 6.63. The normalized spacial score (nSPS) is 12.8. The molecule has 0 saturated heterocycles. The van der Waals surface area contributed by atoms with E-state index in [1.807, 2.05) is 0 Å². The summed E-state index contributed by atoms with van der Waals surface area (Å²) < 4.78 is 81.3. The van der Waals surface area contributed by atoms with Gasteiger partial charge in [0.25, 0.3) is 0 Å². The van der Waals surface area contributed by atoms with Crippen LogP contribution in [-0.4, -0.2) is 30.1 Å². The Balaban J connectivity index is 3.46. The lowest BCUT2D eigenvalue weighted by Crippen LogP contribution is -2.57. The standard InChI is InChI=1S/C10H11F5O3Si/c1-16-19(17-2,18-3)10(14,15)6-4-5-7(11)9(13)8(6)12/h4-5H,1-3H3. The van der Waals surface area contributed by atoms with E-state index >= 15 is 0 Å². The summed E-state index contributed by atoms with van der Waals surface area (Å²) in [5.74, 6) is -5.58. The summed E-state index contributed by atoms with van der Waals surface area (Å²) in [6, 6.07) is 0.814. The molecule has 19 heavy (non-hydrogen) atoms. The van der Waals surface area contributed by atoms with Crippen molar-refractivity contribution in [3.8, 4) is 0 Å². The van der Waals surface area contributed by atoms with E-state index in [0.717, 1.165) is 21.3 Å². The van der Waals surface area contributed by atoms with Crippen molar-refractivity contribution in [2.24, 2.45) is 0 Å². The molecule has 0 bridgehead atoms. The molecule has 0 amide bonds. The third-order valence-corrected chi connectivity index (χ3v) is 5.21. The largest absolute Gasteiger partial charge is 0.579 e. The van der Waals surface area contributed by atoms with Gasteiger partial charge in [-0.2, -0.15) is 8.78 Å². The zero-order valence-corrected chi connectivity index (χ0v) is 11.3. The Morgan fingerprint density at radius 2 is 1.37 bits per heavy atom. The van der Waals surface area contributed by atoms with Gasteiger partial charge >= 0.3 is 14.4 Å². The molecule has 108 valence electrons. The number of benzene rings is 1. The molecule has 0 aromatic heterocycles. The van der Waals surface area contributed by atoms with Crippen molar-refractivity contribution < 1.29 is 35.2 Å². The summed E-state index contributed by atoms with van der Waals surface area (Å²) in [4.78, 5) is 0. The minimum Gasteiger partial charge on any atom is -0.373 e. The van der Waals surface area contributed by atoms with Crippen molar-refractivity contribution in [3.05, 3.63) is 35.1 Å². The Morgan fingerprint density at radius 3 is 1.79 bits per heavy atom. The molecular formula is C10H11F5O3Si. The van der Waals surface area contributed by atoms with Crippen LogP contribution in [-0.2, 0) is 18.8 Å². The Morgan fingerprint density at radius 1 is 0.895 bits per heavy atom. The molecule has 0 unspecified atom stereocenters. The van der Waals surface area contributed by atoms with Crippen molar-refractivity contribution in [1.82, 2.24) is 0 Å². The highest BCUT2D eigenvalue weighted by Gasteiger charge is 2.65. The zero-order valence-electron chi connectivity index (χ0n) is 10.3. The van der Waals surface area contributed by atoms with E-state index in [4.69, 9.17) is 0 Å². The van der Waals surface area contributed by atoms with Gasteiger partial charge in [0.05, 0.1) is 5.56 Å². The molecular weight excluding hydrogens is 291 g/mol. The summed E-state index contributed by atoms with van der Waals surface area (Å²) >= 11 is 0. The van der Waals surface area contributed by atoms with Gasteiger partial charge < -0.3 is 13.3 Å². The van der Waals surface area contributed by atoms with Crippen molar-refractivity contribution in [3.63, 3.8) is 0 Å². The van der Waals surface area contributed by atoms with E-state index in [-0.39, 0.29) is 0 Å². The second-order valence-electron chi connectivity index (χ2n) is 3.47. The molecule has 0 heterocycles. The molecule has 1 aromatic carbocycles. The van der Waals surface area contributed by atoms with Gasteiger partial charge in [-0.3, -0.25) is 0 Å². The fraction of sp³-hybridized carbons (Fsp3) is 0.400. The third kappa shape index (κ3) is 2.38. The van der Waals surface area contributed by atoms with Crippen LogP contribution in [0.5, 0.6) is 0 Å². The van der Waals surface area contributed by atoms with E-state index in [2.05, 4.69) is 13.3 Å². The van der Waals surface area contributed by atoms with Crippen LogP contribution in [0.2, 0.25) is 0 Å². The molecule has 0 saturated carbocycles. The first kappa shape index (κ1) is 16.0. The lowest BCUT2D eigenvalue weighted by Gasteiger charge is -2.32. The average Bonchev–Trinajstić information content (AvgIpc) is 2.38. The van der Waals surface area contributed by atoms with E-state index < -0.39 is 37.4 Å². The SMILES string of the molecule is CO[Si](OC)(OC)C(F)(F)c1ccc(F)c(F)c1F. The monoisotopic (exact) mass is 302 g/mol. The Hall–Kier alpha value is -1.03. The second kappa shape index (κ2) is 5.53. The number of hydrogen-bond acceptors (Lipinski definition) is 3. The first-order valence-electron chi connectivity index (χ1n) is 4.94. The summed E-state index contributed by atoms with van der Waals surface area (Å²) in [7, 11) is -1.94. The van der Waals surface area contributed by atoms with E-state index in [1.54, 1.807) is 0 Å². The topological polar surface area (TPSA) is 27.7 Å². The maximum absolute atomic E-state index is 14.2. The number of rotatable bonds is 5. The Labute approximate surface area is 107 Å². The minimum absolute atomic E-state index is 0.391. The molecule has 1 rings (SSSR count). The second-order valence-corrected chi connectivity index (χ2v) is 6.43. The van der Waals surface area contributed by atoms with Gasteiger partial charge in [-0.25, -0.2) is 13.2 Å². The van der Waals surface area contributed by atoms with Crippen molar-refractivity contribution in [1.29, 1.82) is 0 Å². The van der Waals surface area contributed by atoms with Gasteiger partial charge in [0.15, 0.2) is 17.5 Å². The fourth-order valence-electron chi connectivity index (χ4n) is 1.57. The van der Waals surface area contributed by atoms with Crippen LogP contribution in [0.3, 0.4) is 0 Å². The van der Waals surface area contributed by atoms with Crippen LogP contribution in [0, 0.1) is 17.5 Å². The van der Waals surface area contributed by atoms with Gasteiger partial charge in [0.2, 0.25) is 0 Å². The molecule has 0 aliphatic carbocycles. The molecule has 0 N–H and O–H groups in total. The number of alkyl halides is 2. The number of hydrogen-bond donors (Lipinski definition) is 0. The quantitative estimate of drug-likeness (QED) is 0.475. The molecule has 9 heteroatoms. The molecule has 0 aliphatic rings. The summed E-state index contributed by atoms with van der Waals surface area (Å²) in [5.41, 5.74) is -5.47. The molecule has 1 aromatic rings. The van der Waals surface area contributed by atoms with E-state index in [0.29, 0.717) is 12.1 Å². The van der Waals surface area contributed by atoms with Gasteiger partial charge in [-0.1, -0.05) is 0 Å². The number of halogens is 5. The van der Waals surface area contributed by atoms with Gasteiger partial charge in [-0.15, -0.1) is 0 Å². The summed E-state index contributed by atoms with van der Waals surface area (Å²) in [6.45, 7) is 0. The van der Waals surface area contributed by atoms with Crippen molar-refractivity contribution >= 4 is 8.80 Å². The van der Waals surface area contributed by atoms with E-state index in [9.17, 15) is 22.0 Å². The summed E-state index contributed by atoms with van der Waals surface area (Å²) in [6.07, 6.45) is 0. The van der Waals surface area contributed by atoms with Crippen LogP contribution >= 0.6 is 0 Å². The highest BCUT2D eigenvalue weighted by atomic mass is 28.4. The maximum Gasteiger partial charge on any atom is 0.579 e. The van der Waals surface area contributed by atoms with Crippen LogP contribution < -0.4 is 0 Å². The van der Waals surface area contributed by atoms with Crippen LogP contribution in [0.15, 0.2) is 12.1 Å². The summed E-state index contributed by atoms with van der Waals surface area (Å²) in [5, 5.41) is 0. The molecule has 0 atom stereocenters. The lowest BCUT2D eigenvalue weighted by molar-refractivity contribution is -0.0367. The van der Waals surface area contributed by atoms with Crippen LogP contribution in [0.4, 0.5) is 22.0 Å². The first-order valence-corrected chi connectivity index (χ1v) is 6.67. The van der Waals surface area contributed by atoms with Crippen molar-refractivity contribution in [2.45, 2.75) is 5.55 Å². The lowest BCUT2D eigenvalue weighted by atomic mass is 10.2. The maximum atomic E-state index is 14.2. The third-order valence-electron chi connectivity index (χ3n) is 2.56. The van der Waals surface area contributed by atoms with E-state index in [1.165, 1.54) is 0 Å². The Kier molecular flexibility index (Phi) is 4.66. The van der Waals surface area contributed by atoms with Gasteiger partial charge in [0, 0.05) is 21.3 Å². The zero-order chi connectivity index (χ0) is 14.8. The molecule has 0 spiro atoms. The molecule has 3 nitrogen and oxygen atoms in total. The highest BCUT2D eigenvalue weighted by Crippen LogP contribution is 2.40. The van der Waals surface area contributed by atoms with Gasteiger partial charge in [-0.05, 0) is 12.1 Å². The fourth-order valence-corrected chi connectivity index (χ4v) is 3.36. The Bertz CT molecular complexity index is 456. The van der Waals surface area contributed by atoms with Gasteiger partial charge in [0.1, 0.15) is 0 Å². The molecule has 0 aliphatic heterocycles. The average molecular weight is 302 g/mol. The van der Waals surface area contributed by atoms with Crippen molar-refractivity contribution in [2.75, 3.05) is 21.3 Å². The van der Waals surface area contributed by atoms with Crippen LogP contribution in [0.1, 0.15) is 5.56 Å².